The van der Waals surface area contributed by atoms with Gasteiger partial charge in [0.2, 0.25) is 5.95 Å². The lowest BCUT2D eigenvalue weighted by Gasteiger charge is -2.12. The van der Waals surface area contributed by atoms with Crippen LogP contribution in [0.3, 0.4) is 0 Å². The first-order chi connectivity index (χ1) is 16.9. The molecule has 2 N–H and O–H groups in total. The zero-order valence-electron chi connectivity index (χ0n) is 20.5. The van der Waals surface area contributed by atoms with Gasteiger partial charge in [-0.25, -0.2) is 9.67 Å². The molecule has 35 heavy (non-hydrogen) atoms. The van der Waals surface area contributed by atoms with E-state index < -0.39 is 0 Å². The molecular formula is C27H29N7O. The van der Waals surface area contributed by atoms with Gasteiger partial charge in [0.05, 0.1) is 17.9 Å². The standard InChI is InChI=1S/C27H29N7O/c1-5-34-27(30-22-13-20-16(3)29-26(35)21(20)12-15(22)2)31-24(32-34)18-8-6-17(7-9-18)23-14-28-25(33(23)4)19-10-11-19/h6-9,12-14,16,19H,5,10-11H2,1-4H3,(H,29,35)(H,30,31,32). The summed E-state index contributed by atoms with van der Waals surface area (Å²) in [6.45, 7) is 6.73. The second-order valence-corrected chi connectivity index (χ2v) is 9.56. The number of aromatic nitrogens is 5. The maximum Gasteiger partial charge on any atom is 0.252 e. The molecule has 2 aromatic carbocycles. The Labute approximate surface area is 204 Å². The van der Waals surface area contributed by atoms with Crippen LogP contribution in [0.15, 0.2) is 42.6 Å². The van der Waals surface area contributed by atoms with Crippen molar-refractivity contribution in [2.75, 3.05) is 5.32 Å². The maximum atomic E-state index is 12.2. The van der Waals surface area contributed by atoms with E-state index in [0.29, 0.717) is 24.2 Å². The van der Waals surface area contributed by atoms with Crippen LogP contribution < -0.4 is 10.6 Å². The second-order valence-electron chi connectivity index (χ2n) is 9.56. The predicted octanol–water partition coefficient (Wildman–Crippen LogP) is 5.10. The number of amides is 1. The SMILES string of the molecule is CCn1nc(-c2ccc(-c3cnc(C4CC4)n3C)cc2)nc1Nc1cc2c(cc1C)C(=O)NC2C. The van der Waals surface area contributed by atoms with Crippen LogP contribution in [0, 0.1) is 6.92 Å². The lowest BCUT2D eigenvalue weighted by atomic mass is 10.0. The first-order valence-electron chi connectivity index (χ1n) is 12.2. The number of benzene rings is 2. The van der Waals surface area contributed by atoms with Crippen molar-refractivity contribution in [3.63, 3.8) is 0 Å². The smallest absolute Gasteiger partial charge is 0.252 e. The molecule has 2 aromatic heterocycles. The van der Waals surface area contributed by atoms with E-state index in [1.807, 2.05) is 43.8 Å². The number of carbonyl (C=O) groups is 1. The van der Waals surface area contributed by atoms with Crippen molar-refractivity contribution in [1.29, 1.82) is 0 Å². The van der Waals surface area contributed by atoms with Gasteiger partial charge in [-0.1, -0.05) is 24.3 Å². The molecule has 0 spiro atoms. The molecule has 0 radical (unpaired) electrons. The number of nitrogens with one attached hydrogen (secondary N) is 2. The van der Waals surface area contributed by atoms with E-state index in [9.17, 15) is 4.79 Å². The molecule has 2 aliphatic rings. The van der Waals surface area contributed by atoms with Gasteiger partial charge in [-0.05, 0) is 62.4 Å². The summed E-state index contributed by atoms with van der Waals surface area (Å²) in [5.74, 6) is 3.14. The van der Waals surface area contributed by atoms with Gasteiger partial charge in [0.1, 0.15) is 5.82 Å². The monoisotopic (exact) mass is 467 g/mol. The minimum Gasteiger partial charge on any atom is -0.345 e. The molecule has 1 atom stereocenters. The van der Waals surface area contributed by atoms with Crippen molar-refractivity contribution in [2.45, 2.75) is 52.1 Å². The summed E-state index contributed by atoms with van der Waals surface area (Å²) < 4.78 is 4.08. The summed E-state index contributed by atoms with van der Waals surface area (Å²) in [5.41, 5.74) is 6.89. The van der Waals surface area contributed by atoms with E-state index >= 15 is 0 Å². The van der Waals surface area contributed by atoms with Gasteiger partial charge in [-0.15, -0.1) is 5.10 Å². The molecule has 3 heterocycles. The summed E-state index contributed by atoms with van der Waals surface area (Å²) in [6.07, 6.45) is 4.45. The number of aryl methyl sites for hydroxylation is 2. The highest BCUT2D eigenvalue weighted by molar-refractivity contribution is 6.00. The quantitative estimate of drug-likeness (QED) is 0.412. The molecule has 1 saturated carbocycles. The molecule has 1 fully saturated rings. The number of hydrogen-bond donors (Lipinski definition) is 2. The Balaban J connectivity index is 1.28. The van der Waals surface area contributed by atoms with Gasteiger partial charge < -0.3 is 15.2 Å². The molecule has 1 amide bonds. The van der Waals surface area contributed by atoms with E-state index in [2.05, 4.69) is 51.5 Å². The molecule has 0 bridgehead atoms. The van der Waals surface area contributed by atoms with Crippen molar-refractivity contribution in [1.82, 2.24) is 29.6 Å². The van der Waals surface area contributed by atoms with Gasteiger partial charge in [0.15, 0.2) is 5.82 Å². The second kappa shape index (κ2) is 8.08. The molecule has 1 unspecified atom stereocenters. The lowest BCUT2D eigenvalue weighted by molar-refractivity contribution is 0.0958. The van der Waals surface area contributed by atoms with Crippen LogP contribution in [0.4, 0.5) is 11.6 Å². The molecule has 178 valence electrons. The number of anilines is 2. The minimum atomic E-state index is -0.0144. The van der Waals surface area contributed by atoms with Gasteiger partial charge in [-0.2, -0.15) is 4.98 Å². The molecule has 6 rings (SSSR count). The van der Waals surface area contributed by atoms with E-state index in [4.69, 9.17) is 10.1 Å². The fraction of sp³-hybridized carbons (Fsp3) is 0.333. The number of carbonyl (C=O) groups excluding carboxylic acids is 1. The van der Waals surface area contributed by atoms with Crippen molar-refractivity contribution in [2.24, 2.45) is 7.05 Å². The van der Waals surface area contributed by atoms with Crippen LogP contribution in [0.1, 0.15) is 66.0 Å². The Morgan fingerprint density at radius 3 is 2.60 bits per heavy atom. The van der Waals surface area contributed by atoms with Gasteiger partial charge >= 0.3 is 0 Å². The number of imidazole rings is 1. The highest BCUT2D eigenvalue weighted by Crippen LogP contribution is 2.40. The maximum absolute atomic E-state index is 12.2. The normalized spacial score (nSPS) is 16.9. The van der Waals surface area contributed by atoms with E-state index in [1.165, 1.54) is 18.7 Å². The fourth-order valence-corrected chi connectivity index (χ4v) is 4.87. The Morgan fingerprint density at radius 2 is 1.89 bits per heavy atom. The fourth-order valence-electron chi connectivity index (χ4n) is 4.87. The Hall–Kier alpha value is -3.94. The summed E-state index contributed by atoms with van der Waals surface area (Å²) in [5, 5.41) is 11.2. The van der Waals surface area contributed by atoms with E-state index in [1.54, 1.807) is 0 Å². The molecule has 8 heteroatoms. The highest BCUT2D eigenvalue weighted by atomic mass is 16.2. The zero-order chi connectivity index (χ0) is 24.3. The number of rotatable bonds is 6. The molecule has 0 saturated heterocycles. The van der Waals surface area contributed by atoms with Crippen molar-refractivity contribution < 1.29 is 4.79 Å². The average molecular weight is 468 g/mol. The van der Waals surface area contributed by atoms with Crippen LogP contribution in [-0.4, -0.2) is 30.2 Å². The van der Waals surface area contributed by atoms with Gasteiger partial charge in [0.25, 0.3) is 5.91 Å². The third kappa shape index (κ3) is 3.69. The zero-order valence-corrected chi connectivity index (χ0v) is 20.5. The Morgan fingerprint density at radius 1 is 1.14 bits per heavy atom. The average Bonchev–Trinajstić information content (AvgIpc) is 3.41. The van der Waals surface area contributed by atoms with E-state index in [0.717, 1.165) is 39.2 Å². The van der Waals surface area contributed by atoms with Crippen LogP contribution in [0.2, 0.25) is 0 Å². The molecule has 1 aliphatic carbocycles. The van der Waals surface area contributed by atoms with Gasteiger partial charge in [0, 0.05) is 36.3 Å². The Kier molecular flexibility index (Phi) is 4.98. The molecule has 8 nitrogen and oxygen atoms in total. The van der Waals surface area contributed by atoms with E-state index in [-0.39, 0.29) is 11.9 Å². The molecular weight excluding hydrogens is 438 g/mol. The van der Waals surface area contributed by atoms with Gasteiger partial charge in [-0.3, -0.25) is 4.79 Å². The largest absolute Gasteiger partial charge is 0.345 e. The predicted molar refractivity (Wildman–Crippen MR) is 136 cm³/mol. The highest BCUT2D eigenvalue weighted by Gasteiger charge is 2.29. The number of fused-ring (bicyclic) bond motifs is 1. The topological polar surface area (TPSA) is 89.7 Å². The van der Waals surface area contributed by atoms with Crippen molar-refractivity contribution in [3.05, 3.63) is 65.1 Å². The summed E-state index contributed by atoms with van der Waals surface area (Å²) >= 11 is 0. The number of nitrogens with zero attached hydrogens (tertiary/aromatic N) is 5. The molecule has 4 aromatic rings. The van der Waals surface area contributed by atoms with Crippen LogP contribution in [0.5, 0.6) is 0 Å². The Bertz CT molecular complexity index is 1440. The van der Waals surface area contributed by atoms with Crippen molar-refractivity contribution >= 4 is 17.5 Å². The minimum absolute atomic E-state index is 0.00319. The molecule has 1 aliphatic heterocycles. The van der Waals surface area contributed by atoms with Crippen LogP contribution >= 0.6 is 0 Å². The summed E-state index contributed by atoms with van der Waals surface area (Å²) in [4.78, 5) is 21.6. The van der Waals surface area contributed by atoms with Crippen molar-refractivity contribution in [3.8, 4) is 22.6 Å². The third-order valence-electron chi connectivity index (χ3n) is 7.08. The first kappa shape index (κ1) is 21.6. The summed E-state index contributed by atoms with van der Waals surface area (Å²) in [7, 11) is 2.10. The third-order valence-corrected chi connectivity index (χ3v) is 7.08. The first-order valence-corrected chi connectivity index (χ1v) is 12.2. The lowest BCUT2D eigenvalue weighted by Crippen LogP contribution is -2.16. The van der Waals surface area contributed by atoms with Crippen LogP contribution in [-0.2, 0) is 13.6 Å². The van der Waals surface area contributed by atoms with Crippen LogP contribution in [0.25, 0.3) is 22.6 Å². The summed E-state index contributed by atoms with van der Waals surface area (Å²) in [6, 6.07) is 12.3. The number of hydrogen-bond acceptors (Lipinski definition) is 5.